The Morgan fingerprint density at radius 2 is 2.00 bits per heavy atom. The van der Waals surface area contributed by atoms with Gasteiger partial charge in [-0.1, -0.05) is 11.6 Å². The van der Waals surface area contributed by atoms with Crippen molar-refractivity contribution < 1.29 is 9.90 Å². The van der Waals surface area contributed by atoms with Gasteiger partial charge in [0.15, 0.2) is 5.82 Å². The van der Waals surface area contributed by atoms with Crippen molar-refractivity contribution in [2.45, 2.75) is 0 Å². The Labute approximate surface area is 106 Å². The molecule has 0 saturated heterocycles. The first kappa shape index (κ1) is 12.1. The van der Waals surface area contributed by atoms with E-state index in [0.717, 1.165) is 6.07 Å². The van der Waals surface area contributed by atoms with Gasteiger partial charge in [-0.25, -0.2) is 9.89 Å². The highest BCUT2D eigenvalue weighted by Crippen LogP contribution is 2.19. The molecule has 0 bridgehead atoms. The Kier molecular flexibility index (Phi) is 3.29. The number of carboxylic acids is 1. The van der Waals surface area contributed by atoms with Crippen LogP contribution in [0.2, 0.25) is 5.02 Å². The van der Waals surface area contributed by atoms with E-state index >= 15 is 0 Å². The Balaban J connectivity index is 2.37. The molecule has 0 aliphatic carbocycles. The maximum absolute atomic E-state index is 11.0. The minimum Gasteiger partial charge on any atom is -0.478 e. The van der Waals surface area contributed by atoms with Gasteiger partial charge in [0.25, 0.3) is 5.56 Å². The molecule has 1 heterocycles. The van der Waals surface area contributed by atoms with Crippen molar-refractivity contribution in [1.82, 2.24) is 10.2 Å². The summed E-state index contributed by atoms with van der Waals surface area (Å²) in [5.41, 5.74) is -0.163. The molecule has 1 aromatic carbocycles. The van der Waals surface area contributed by atoms with E-state index in [1.165, 1.54) is 0 Å². The molecule has 0 fully saturated rings. The number of aromatic carboxylic acids is 1. The zero-order valence-corrected chi connectivity index (χ0v) is 9.73. The van der Waals surface area contributed by atoms with Crippen LogP contribution in [-0.2, 0) is 0 Å². The first-order valence-corrected chi connectivity index (χ1v) is 5.29. The molecule has 1 aromatic heterocycles. The van der Waals surface area contributed by atoms with Crippen LogP contribution in [-0.4, -0.2) is 21.3 Å². The summed E-state index contributed by atoms with van der Waals surface area (Å²) in [6, 6.07) is 7.60. The Morgan fingerprint density at radius 3 is 2.61 bits per heavy atom. The summed E-state index contributed by atoms with van der Waals surface area (Å²) in [5.74, 6) is -1.17. The third kappa shape index (κ3) is 2.67. The molecule has 18 heavy (non-hydrogen) atoms. The number of H-pyrrole nitrogens is 1. The molecule has 0 aliphatic rings. The van der Waals surface area contributed by atoms with Gasteiger partial charge in [-0.05, 0) is 24.3 Å². The van der Waals surface area contributed by atoms with Crippen molar-refractivity contribution >= 4 is 29.1 Å². The Morgan fingerprint density at radius 1 is 1.33 bits per heavy atom. The molecule has 0 saturated carbocycles. The van der Waals surface area contributed by atoms with Crippen molar-refractivity contribution in [2.75, 3.05) is 5.32 Å². The predicted octanol–water partition coefficient (Wildman–Crippen LogP) is 1.87. The number of hydrogen-bond acceptors (Lipinski definition) is 4. The van der Waals surface area contributed by atoms with Gasteiger partial charge >= 0.3 is 5.97 Å². The maximum Gasteiger partial charge on any atom is 0.339 e. The van der Waals surface area contributed by atoms with Crippen molar-refractivity contribution in [2.24, 2.45) is 0 Å². The Bertz CT molecular complexity index is 637. The molecule has 2 aromatic rings. The van der Waals surface area contributed by atoms with Crippen molar-refractivity contribution in [1.29, 1.82) is 0 Å². The predicted molar refractivity (Wildman–Crippen MR) is 66.6 cm³/mol. The van der Waals surface area contributed by atoms with Gasteiger partial charge in [0, 0.05) is 16.8 Å². The zero-order valence-electron chi connectivity index (χ0n) is 8.98. The molecular formula is C11H8ClN3O3. The second kappa shape index (κ2) is 4.89. The third-order valence-electron chi connectivity index (χ3n) is 2.15. The second-order valence-electron chi connectivity index (χ2n) is 3.43. The minimum absolute atomic E-state index is 0.0597. The van der Waals surface area contributed by atoms with Crippen LogP contribution in [0.4, 0.5) is 11.5 Å². The van der Waals surface area contributed by atoms with Crippen LogP contribution < -0.4 is 10.9 Å². The molecule has 3 N–H and O–H groups in total. The van der Waals surface area contributed by atoms with Gasteiger partial charge in [0.2, 0.25) is 0 Å². The molecule has 2 rings (SSSR count). The summed E-state index contributed by atoms with van der Waals surface area (Å²) in [4.78, 5) is 22.0. The normalized spacial score (nSPS) is 10.1. The summed E-state index contributed by atoms with van der Waals surface area (Å²) < 4.78 is 0. The number of carboxylic acid groups (broad SMARTS) is 1. The smallest absolute Gasteiger partial charge is 0.339 e. The fourth-order valence-corrected chi connectivity index (χ4v) is 1.46. The summed E-state index contributed by atoms with van der Waals surface area (Å²) >= 11 is 5.73. The minimum atomic E-state index is -1.23. The van der Waals surface area contributed by atoms with Crippen LogP contribution in [0.25, 0.3) is 0 Å². The summed E-state index contributed by atoms with van der Waals surface area (Å²) in [6.07, 6.45) is 0. The van der Waals surface area contributed by atoms with Gasteiger partial charge in [-0.2, -0.15) is 5.10 Å². The lowest BCUT2D eigenvalue weighted by molar-refractivity contribution is 0.0697. The lowest BCUT2D eigenvalue weighted by Crippen LogP contribution is -2.14. The SMILES string of the molecule is O=C(O)c1cc(=O)[nH]nc1Nc1ccc(Cl)cc1. The summed E-state index contributed by atoms with van der Waals surface area (Å²) in [7, 11) is 0. The topological polar surface area (TPSA) is 95.1 Å². The average Bonchev–Trinajstić information content (AvgIpc) is 2.34. The van der Waals surface area contributed by atoms with Gasteiger partial charge in [0.1, 0.15) is 5.56 Å². The van der Waals surface area contributed by atoms with Gasteiger partial charge in [-0.3, -0.25) is 4.79 Å². The van der Waals surface area contributed by atoms with Crippen molar-refractivity contribution in [3.05, 3.63) is 51.3 Å². The fourth-order valence-electron chi connectivity index (χ4n) is 1.33. The summed E-state index contributed by atoms with van der Waals surface area (Å²) in [6.45, 7) is 0. The average molecular weight is 266 g/mol. The van der Waals surface area contributed by atoms with E-state index in [2.05, 4.69) is 15.5 Å². The number of rotatable bonds is 3. The van der Waals surface area contributed by atoms with Crippen LogP contribution >= 0.6 is 11.6 Å². The molecule has 0 unspecified atom stereocenters. The van der Waals surface area contributed by atoms with Gasteiger partial charge in [0.05, 0.1) is 0 Å². The van der Waals surface area contributed by atoms with E-state index in [-0.39, 0.29) is 11.4 Å². The molecule has 92 valence electrons. The van der Waals surface area contributed by atoms with Crippen molar-refractivity contribution in [3.63, 3.8) is 0 Å². The zero-order chi connectivity index (χ0) is 13.1. The number of nitrogens with zero attached hydrogens (tertiary/aromatic N) is 1. The molecule has 0 aliphatic heterocycles. The van der Waals surface area contributed by atoms with Crippen LogP contribution in [0, 0.1) is 0 Å². The maximum atomic E-state index is 11.0. The molecule has 0 radical (unpaired) electrons. The summed E-state index contributed by atoms with van der Waals surface area (Å²) in [5, 5.41) is 18.1. The monoisotopic (exact) mass is 265 g/mol. The molecule has 0 spiro atoms. The number of halogens is 1. The molecule has 0 atom stereocenters. The molecule has 7 heteroatoms. The van der Waals surface area contributed by atoms with E-state index in [4.69, 9.17) is 16.7 Å². The van der Waals surface area contributed by atoms with Gasteiger partial charge in [-0.15, -0.1) is 0 Å². The largest absolute Gasteiger partial charge is 0.478 e. The van der Waals surface area contributed by atoms with Crippen LogP contribution in [0.3, 0.4) is 0 Å². The van der Waals surface area contributed by atoms with E-state index in [1.807, 2.05) is 0 Å². The standard InChI is InChI=1S/C11H8ClN3O3/c12-6-1-3-7(4-2-6)13-10-8(11(17)18)5-9(16)14-15-10/h1-5H,(H,13,15)(H,14,16)(H,17,18). The van der Waals surface area contributed by atoms with Gasteiger partial charge < -0.3 is 10.4 Å². The lowest BCUT2D eigenvalue weighted by Gasteiger charge is -2.07. The molecular weight excluding hydrogens is 258 g/mol. The highest BCUT2D eigenvalue weighted by molar-refractivity contribution is 6.30. The number of anilines is 2. The lowest BCUT2D eigenvalue weighted by atomic mass is 10.2. The van der Waals surface area contributed by atoms with Crippen LogP contribution in [0.5, 0.6) is 0 Å². The third-order valence-corrected chi connectivity index (χ3v) is 2.40. The Hall–Kier alpha value is -2.34. The fraction of sp³-hybridized carbons (Fsp3) is 0. The highest BCUT2D eigenvalue weighted by atomic mass is 35.5. The number of aromatic nitrogens is 2. The number of nitrogens with one attached hydrogen (secondary N) is 2. The second-order valence-corrected chi connectivity index (χ2v) is 3.87. The van der Waals surface area contributed by atoms with Crippen molar-refractivity contribution in [3.8, 4) is 0 Å². The number of carbonyl (C=O) groups is 1. The number of benzene rings is 1. The van der Waals surface area contributed by atoms with Crippen LogP contribution in [0.1, 0.15) is 10.4 Å². The first-order chi connectivity index (χ1) is 8.56. The quantitative estimate of drug-likeness (QED) is 0.787. The van der Waals surface area contributed by atoms with E-state index in [0.29, 0.717) is 10.7 Å². The van der Waals surface area contributed by atoms with E-state index in [9.17, 15) is 9.59 Å². The van der Waals surface area contributed by atoms with E-state index in [1.54, 1.807) is 24.3 Å². The highest BCUT2D eigenvalue weighted by Gasteiger charge is 2.12. The number of hydrogen-bond donors (Lipinski definition) is 3. The van der Waals surface area contributed by atoms with E-state index < -0.39 is 11.5 Å². The molecule has 0 amide bonds. The molecule has 6 nitrogen and oxygen atoms in total. The first-order valence-electron chi connectivity index (χ1n) is 4.92. The van der Waals surface area contributed by atoms with Crippen LogP contribution in [0.15, 0.2) is 35.1 Å². The number of aromatic amines is 1.